The van der Waals surface area contributed by atoms with Crippen molar-refractivity contribution in [2.24, 2.45) is 5.92 Å². The number of likely N-dealkylation sites (N-methyl/N-ethyl adjacent to an activating group) is 1. The van der Waals surface area contributed by atoms with Crippen LogP contribution in [0, 0.1) is 11.7 Å². The zero-order valence-corrected chi connectivity index (χ0v) is 12.0. The van der Waals surface area contributed by atoms with E-state index in [1.807, 2.05) is 12.1 Å². The van der Waals surface area contributed by atoms with Crippen molar-refractivity contribution in [2.45, 2.75) is 32.2 Å². The maximum atomic E-state index is 13.6. The van der Waals surface area contributed by atoms with Crippen LogP contribution in [-0.4, -0.2) is 37.6 Å². The van der Waals surface area contributed by atoms with E-state index in [0.717, 1.165) is 37.5 Å². The van der Waals surface area contributed by atoms with Gasteiger partial charge in [0.25, 0.3) is 0 Å². The Hall–Kier alpha value is -0.930. The van der Waals surface area contributed by atoms with Gasteiger partial charge in [-0.15, -0.1) is 0 Å². The minimum Gasteiger partial charge on any atom is -0.317 e. The van der Waals surface area contributed by atoms with Crippen LogP contribution in [0.3, 0.4) is 0 Å². The van der Waals surface area contributed by atoms with Gasteiger partial charge in [0.1, 0.15) is 5.82 Å². The Morgan fingerprint density at radius 1 is 1.32 bits per heavy atom. The number of halogens is 1. The summed E-state index contributed by atoms with van der Waals surface area (Å²) >= 11 is 0. The van der Waals surface area contributed by atoms with E-state index in [9.17, 15) is 4.39 Å². The van der Waals surface area contributed by atoms with Crippen LogP contribution in [0.5, 0.6) is 0 Å². The monoisotopic (exact) mass is 264 g/mol. The lowest BCUT2D eigenvalue weighted by Gasteiger charge is -2.31. The first-order chi connectivity index (χ1) is 9.16. The molecular weight excluding hydrogens is 239 g/mol. The summed E-state index contributed by atoms with van der Waals surface area (Å²) in [7, 11) is 2.16. The van der Waals surface area contributed by atoms with Crippen molar-refractivity contribution >= 4 is 0 Å². The van der Waals surface area contributed by atoms with Crippen molar-refractivity contribution in [3.8, 4) is 0 Å². The number of hydrogen-bond acceptors (Lipinski definition) is 2. The van der Waals surface area contributed by atoms with Gasteiger partial charge in [0.05, 0.1) is 0 Å². The number of piperidine rings is 1. The lowest BCUT2D eigenvalue weighted by Crippen LogP contribution is -2.39. The number of hydrogen-bond donors (Lipinski definition) is 1. The molecule has 0 aromatic heterocycles. The van der Waals surface area contributed by atoms with Crippen LogP contribution in [0.4, 0.5) is 4.39 Å². The molecule has 2 rings (SSSR count). The Balaban J connectivity index is 1.85. The molecule has 1 aliphatic heterocycles. The fourth-order valence-electron chi connectivity index (χ4n) is 2.79. The van der Waals surface area contributed by atoms with E-state index in [1.54, 1.807) is 12.1 Å². The maximum absolute atomic E-state index is 13.6. The zero-order chi connectivity index (χ0) is 13.7. The summed E-state index contributed by atoms with van der Waals surface area (Å²) < 4.78 is 13.6. The maximum Gasteiger partial charge on any atom is 0.126 e. The van der Waals surface area contributed by atoms with Crippen molar-refractivity contribution in [2.75, 3.05) is 26.7 Å². The molecule has 1 aromatic rings. The van der Waals surface area contributed by atoms with Crippen molar-refractivity contribution in [1.29, 1.82) is 0 Å². The highest BCUT2D eigenvalue weighted by Crippen LogP contribution is 2.16. The summed E-state index contributed by atoms with van der Waals surface area (Å²) in [6.45, 7) is 5.59. The molecule has 19 heavy (non-hydrogen) atoms. The summed E-state index contributed by atoms with van der Waals surface area (Å²) in [6, 6.07) is 7.49. The van der Waals surface area contributed by atoms with E-state index >= 15 is 0 Å². The van der Waals surface area contributed by atoms with Crippen LogP contribution < -0.4 is 5.32 Å². The molecule has 1 atom stereocenters. The van der Waals surface area contributed by atoms with E-state index in [1.165, 1.54) is 12.8 Å². The topological polar surface area (TPSA) is 15.3 Å². The van der Waals surface area contributed by atoms with Gasteiger partial charge in [-0.25, -0.2) is 4.39 Å². The minimum atomic E-state index is -0.0791. The summed E-state index contributed by atoms with van der Waals surface area (Å²) in [4.78, 5) is 2.38. The van der Waals surface area contributed by atoms with Gasteiger partial charge < -0.3 is 10.2 Å². The normalized spacial score (nSPS) is 18.7. The van der Waals surface area contributed by atoms with Crippen LogP contribution in [-0.2, 0) is 6.42 Å². The van der Waals surface area contributed by atoms with Gasteiger partial charge in [-0.3, -0.25) is 0 Å². The fourth-order valence-corrected chi connectivity index (χ4v) is 2.79. The predicted molar refractivity (Wildman–Crippen MR) is 77.8 cm³/mol. The first-order valence-corrected chi connectivity index (χ1v) is 7.31. The van der Waals surface area contributed by atoms with Gasteiger partial charge >= 0.3 is 0 Å². The predicted octanol–water partition coefficient (Wildman–Crippen LogP) is 2.69. The van der Waals surface area contributed by atoms with E-state index in [2.05, 4.69) is 24.2 Å². The van der Waals surface area contributed by atoms with Gasteiger partial charge in [0.15, 0.2) is 0 Å². The SMILES string of the molecule is CC(Cc1ccccc1F)N(C)CC1CCNCC1. The van der Waals surface area contributed by atoms with Crippen molar-refractivity contribution in [3.05, 3.63) is 35.6 Å². The molecule has 0 saturated carbocycles. The number of nitrogens with one attached hydrogen (secondary N) is 1. The molecule has 1 fully saturated rings. The summed E-state index contributed by atoms with van der Waals surface area (Å²) in [5.74, 6) is 0.707. The average Bonchev–Trinajstić information content (AvgIpc) is 2.42. The molecule has 1 heterocycles. The van der Waals surface area contributed by atoms with Crippen molar-refractivity contribution < 1.29 is 4.39 Å². The Morgan fingerprint density at radius 3 is 2.68 bits per heavy atom. The third-order valence-corrected chi connectivity index (χ3v) is 4.23. The molecule has 0 radical (unpaired) electrons. The number of rotatable bonds is 5. The first-order valence-electron chi connectivity index (χ1n) is 7.31. The quantitative estimate of drug-likeness (QED) is 0.879. The molecule has 0 spiro atoms. The molecule has 106 valence electrons. The van der Waals surface area contributed by atoms with E-state index in [-0.39, 0.29) is 5.82 Å². The Morgan fingerprint density at radius 2 is 2.00 bits per heavy atom. The van der Waals surface area contributed by atoms with E-state index < -0.39 is 0 Å². The summed E-state index contributed by atoms with van der Waals surface area (Å²) in [6.07, 6.45) is 3.31. The third kappa shape index (κ3) is 4.29. The second-order valence-corrected chi connectivity index (χ2v) is 5.78. The highest BCUT2D eigenvalue weighted by Gasteiger charge is 2.18. The minimum absolute atomic E-state index is 0.0791. The van der Waals surface area contributed by atoms with Crippen molar-refractivity contribution in [3.63, 3.8) is 0 Å². The van der Waals surface area contributed by atoms with E-state index in [0.29, 0.717) is 6.04 Å². The number of benzene rings is 1. The Bertz CT molecular complexity index is 388. The second-order valence-electron chi connectivity index (χ2n) is 5.78. The van der Waals surface area contributed by atoms with Gasteiger partial charge in [0.2, 0.25) is 0 Å². The third-order valence-electron chi connectivity index (χ3n) is 4.23. The molecule has 0 aliphatic carbocycles. The standard InChI is InChI=1S/C16H25FN2/c1-13(11-15-5-3-4-6-16(15)17)19(2)12-14-7-9-18-10-8-14/h3-6,13-14,18H,7-12H2,1-2H3. The summed E-state index contributed by atoms with van der Waals surface area (Å²) in [5, 5.41) is 3.40. The molecule has 1 aromatic carbocycles. The second kappa shape index (κ2) is 7.01. The van der Waals surface area contributed by atoms with Gasteiger partial charge in [0, 0.05) is 12.6 Å². The molecule has 1 aliphatic rings. The largest absolute Gasteiger partial charge is 0.317 e. The smallest absolute Gasteiger partial charge is 0.126 e. The molecule has 1 N–H and O–H groups in total. The van der Waals surface area contributed by atoms with Crippen molar-refractivity contribution in [1.82, 2.24) is 10.2 Å². The van der Waals surface area contributed by atoms with E-state index in [4.69, 9.17) is 0 Å². The Kier molecular flexibility index (Phi) is 5.34. The van der Waals surface area contributed by atoms with Crippen LogP contribution in [0.15, 0.2) is 24.3 Å². The molecule has 1 saturated heterocycles. The molecule has 0 bridgehead atoms. The van der Waals surface area contributed by atoms with Gasteiger partial charge in [-0.1, -0.05) is 18.2 Å². The van der Waals surface area contributed by atoms with Gasteiger partial charge in [-0.05, 0) is 63.9 Å². The lowest BCUT2D eigenvalue weighted by molar-refractivity contribution is 0.194. The Labute approximate surface area is 116 Å². The van der Waals surface area contributed by atoms with Crippen LogP contribution in [0.25, 0.3) is 0 Å². The van der Waals surface area contributed by atoms with Crippen LogP contribution in [0.1, 0.15) is 25.3 Å². The van der Waals surface area contributed by atoms with Crippen LogP contribution >= 0.6 is 0 Å². The fraction of sp³-hybridized carbons (Fsp3) is 0.625. The van der Waals surface area contributed by atoms with Crippen LogP contribution in [0.2, 0.25) is 0 Å². The first kappa shape index (κ1) is 14.5. The van der Waals surface area contributed by atoms with Gasteiger partial charge in [-0.2, -0.15) is 0 Å². The highest BCUT2D eigenvalue weighted by molar-refractivity contribution is 5.18. The lowest BCUT2D eigenvalue weighted by atomic mass is 9.96. The highest BCUT2D eigenvalue weighted by atomic mass is 19.1. The molecular formula is C16H25FN2. The zero-order valence-electron chi connectivity index (χ0n) is 12.0. The number of nitrogens with zero attached hydrogens (tertiary/aromatic N) is 1. The molecule has 2 nitrogen and oxygen atoms in total. The molecule has 0 amide bonds. The molecule has 3 heteroatoms. The average molecular weight is 264 g/mol. The summed E-state index contributed by atoms with van der Waals surface area (Å²) in [5.41, 5.74) is 0.826. The molecule has 1 unspecified atom stereocenters.